The minimum absolute atomic E-state index is 0.0918. The molecule has 0 aromatic carbocycles. The van der Waals surface area contributed by atoms with Crippen LogP contribution in [0, 0.1) is 0 Å². The molecule has 0 saturated carbocycles. The Balaban J connectivity index is 2.68. The Hall–Kier alpha value is -2.12. The summed E-state index contributed by atoms with van der Waals surface area (Å²) in [6, 6.07) is -0.979. The molecule has 0 bridgehead atoms. The number of carboxylic acids is 2. The minimum Gasteiger partial charge on any atom is -0.481 e. The summed E-state index contributed by atoms with van der Waals surface area (Å²) in [5.74, 6) is -3.96. The molecule has 1 fully saturated rings. The van der Waals surface area contributed by atoms with Gasteiger partial charge in [-0.05, 0) is 19.3 Å². The Morgan fingerprint density at radius 2 is 1.85 bits per heavy atom. The Bertz CT molecular complexity index is 422. The number of piperidine rings is 1. The number of rotatable bonds is 4. The second-order valence-corrected chi connectivity index (χ2v) is 4.72. The molecule has 112 valence electrons. The summed E-state index contributed by atoms with van der Waals surface area (Å²) in [5.41, 5.74) is 0. The first kappa shape index (κ1) is 15.9. The Morgan fingerprint density at radius 1 is 1.20 bits per heavy atom. The Kier molecular flexibility index (Phi) is 5.48. The van der Waals surface area contributed by atoms with Crippen molar-refractivity contribution in [2.75, 3.05) is 20.1 Å². The van der Waals surface area contributed by atoms with E-state index in [1.54, 1.807) is 0 Å². The van der Waals surface area contributed by atoms with Gasteiger partial charge in [0, 0.05) is 20.1 Å². The van der Waals surface area contributed by atoms with Crippen LogP contribution in [0.15, 0.2) is 0 Å². The number of likely N-dealkylation sites (N-methyl/N-ethyl adjacent to an activating group) is 1. The van der Waals surface area contributed by atoms with Crippen LogP contribution in [-0.4, -0.2) is 69.9 Å². The number of hydrogen-bond donors (Lipinski definition) is 2. The van der Waals surface area contributed by atoms with Gasteiger partial charge in [0.15, 0.2) is 0 Å². The largest absolute Gasteiger partial charge is 0.481 e. The number of likely N-dealkylation sites (tertiary alicyclic amines) is 1. The van der Waals surface area contributed by atoms with Crippen molar-refractivity contribution in [2.45, 2.75) is 31.7 Å². The lowest BCUT2D eigenvalue weighted by molar-refractivity contribution is -0.159. The van der Waals surface area contributed by atoms with E-state index in [-0.39, 0.29) is 19.5 Å². The zero-order chi connectivity index (χ0) is 15.3. The topological polar surface area (TPSA) is 115 Å². The molecule has 0 unspecified atom stereocenters. The first-order chi connectivity index (χ1) is 9.34. The lowest BCUT2D eigenvalue weighted by Gasteiger charge is -2.33. The van der Waals surface area contributed by atoms with Crippen LogP contribution in [0.4, 0.5) is 0 Å². The summed E-state index contributed by atoms with van der Waals surface area (Å²) in [4.78, 5) is 47.5. The fourth-order valence-corrected chi connectivity index (χ4v) is 2.08. The molecule has 20 heavy (non-hydrogen) atoms. The summed E-state index contributed by atoms with van der Waals surface area (Å²) in [7, 11) is 1.32. The lowest BCUT2D eigenvalue weighted by Crippen LogP contribution is -2.53. The number of nitrogens with zero attached hydrogens (tertiary/aromatic N) is 2. The third kappa shape index (κ3) is 3.94. The molecule has 2 amide bonds. The molecule has 1 aliphatic rings. The number of carbonyl (C=O) groups is 4. The molecule has 1 rings (SSSR count). The molecule has 0 spiro atoms. The van der Waals surface area contributed by atoms with E-state index in [1.165, 1.54) is 7.05 Å². The summed E-state index contributed by atoms with van der Waals surface area (Å²) < 4.78 is 0. The number of amides is 2. The van der Waals surface area contributed by atoms with E-state index in [0.717, 1.165) is 9.80 Å². The molecule has 1 atom stereocenters. The monoisotopic (exact) mass is 286 g/mol. The Morgan fingerprint density at radius 3 is 2.40 bits per heavy atom. The van der Waals surface area contributed by atoms with Crippen molar-refractivity contribution in [3.05, 3.63) is 0 Å². The van der Waals surface area contributed by atoms with Gasteiger partial charge >= 0.3 is 23.8 Å². The number of carbonyl (C=O) groups excluding carboxylic acids is 2. The molecule has 8 heteroatoms. The molecule has 0 aromatic heterocycles. The smallest absolute Gasteiger partial charge is 0.326 e. The van der Waals surface area contributed by atoms with Gasteiger partial charge in [0.25, 0.3) is 0 Å². The molecule has 1 saturated heterocycles. The fourth-order valence-electron chi connectivity index (χ4n) is 2.08. The highest BCUT2D eigenvalue weighted by molar-refractivity contribution is 6.35. The second kappa shape index (κ2) is 6.88. The zero-order valence-corrected chi connectivity index (χ0v) is 11.2. The molecular weight excluding hydrogens is 268 g/mol. The van der Waals surface area contributed by atoms with Crippen molar-refractivity contribution in [3.8, 4) is 0 Å². The standard InChI is InChI=1S/C12H18N2O6/c1-13(7-5-9(15)16)10(17)11(18)14-6-3-2-4-8(14)12(19)20/h8H,2-7H2,1H3,(H,15,16)(H,19,20)/t8-/m0/s1. The quantitative estimate of drug-likeness (QED) is 0.666. The van der Waals surface area contributed by atoms with E-state index in [1.807, 2.05) is 0 Å². The van der Waals surface area contributed by atoms with Crippen molar-refractivity contribution in [1.82, 2.24) is 9.80 Å². The van der Waals surface area contributed by atoms with Crippen molar-refractivity contribution in [1.29, 1.82) is 0 Å². The molecule has 1 aliphatic heterocycles. The van der Waals surface area contributed by atoms with E-state index in [0.29, 0.717) is 19.3 Å². The van der Waals surface area contributed by atoms with Gasteiger partial charge in [0.2, 0.25) is 0 Å². The van der Waals surface area contributed by atoms with Crippen molar-refractivity contribution < 1.29 is 29.4 Å². The maximum atomic E-state index is 12.0. The molecule has 0 aromatic rings. The number of aliphatic carboxylic acids is 2. The van der Waals surface area contributed by atoms with E-state index in [9.17, 15) is 19.2 Å². The summed E-state index contributed by atoms with van der Waals surface area (Å²) in [6.07, 6.45) is 1.41. The molecule has 0 aliphatic carbocycles. The zero-order valence-electron chi connectivity index (χ0n) is 11.2. The molecule has 0 radical (unpaired) electrons. The maximum Gasteiger partial charge on any atom is 0.326 e. The third-order valence-electron chi connectivity index (χ3n) is 3.24. The van der Waals surface area contributed by atoms with E-state index >= 15 is 0 Å². The van der Waals surface area contributed by atoms with Crippen LogP contribution < -0.4 is 0 Å². The highest BCUT2D eigenvalue weighted by atomic mass is 16.4. The summed E-state index contributed by atoms with van der Waals surface area (Å²) in [5, 5.41) is 17.6. The number of carboxylic acid groups (broad SMARTS) is 2. The highest BCUT2D eigenvalue weighted by Gasteiger charge is 2.36. The van der Waals surface area contributed by atoms with Gasteiger partial charge in [0.1, 0.15) is 6.04 Å². The van der Waals surface area contributed by atoms with Gasteiger partial charge in [-0.1, -0.05) is 0 Å². The molecule has 8 nitrogen and oxygen atoms in total. The molecular formula is C12H18N2O6. The minimum atomic E-state index is -1.13. The van der Waals surface area contributed by atoms with Crippen LogP contribution in [0.1, 0.15) is 25.7 Å². The van der Waals surface area contributed by atoms with Gasteiger partial charge in [-0.25, -0.2) is 4.79 Å². The summed E-state index contributed by atoms with van der Waals surface area (Å²) >= 11 is 0. The maximum absolute atomic E-state index is 12.0. The lowest BCUT2D eigenvalue weighted by atomic mass is 10.0. The average Bonchev–Trinajstić information content (AvgIpc) is 2.42. The van der Waals surface area contributed by atoms with Crippen molar-refractivity contribution >= 4 is 23.8 Å². The van der Waals surface area contributed by atoms with Crippen molar-refractivity contribution in [2.24, 2.45) is 0 Å². The van der Waals surface area contributed by atoms with Crippen LogP contribution in [0.2, 0.25) is 0 Å². The summed E-state index contributed by atoms with van der Waals surface area (Å²) in [6.45, 7) is 0.139. The van der Waals surface area contributed by atoms with Crippen LogP contribution in [-0.2, 0) is 19.2 Å². The number of hydrogen-bond acceptors (Lipinski definition) is 4. The SMILES string of the molecule is CN(CCC(=O)O)C(=O)C(=O)N1CCCC[C@H]1C(=O)O. The van der Waals surface area contributed by atoms with Crippen LogP contribution >= 0.6 is 0 Å². The normalized spacial score (nSPS) is 18.4. The predicted molar refractivity (Wildman–Crippen MR) is 66.9 cm³/mol. The second-order valence-electron chi connectivity index (χ2n) is 4.72. The fraction of sp³-hybridized carbons (Fsp3) is 0.667. The van der Waals surface area contributed by atoms with E-state index in [4.69, 9.17) is 10.2 Å². The van der Waals surface area contributed by atoms with Crippen molar-refractivity contribution in [3.63, 3.8) is 0 Å². The highest BCUT2D eigenvalue weighted by Crippen LogP contribution is 2.17. The average molecular weight is 286 g/mol. The van der Waals surface area contributed by atoms with Crippen LogP contribution in [0.5, 0.6) is 0 Å². The van der Waals surface area contributed by atoms with E-state index in [2.05, 4.69) is 0 Å². The van der Waals surface area contributed by atoms with Gasteiger partial charge in [0.05, 0.1) is 6.42 Å². The molecule has 2 N–H and O–H groups in total. The third-order valence-corrected chi connectivity index (χ3v) is 3.24. The van der Waals surface area contributed by atoms with Gasteiger partial charge < -0.3 is 20.0 Å². The van der Waals surface area contributed by atoms with Gasteiger partial charge in [-0.3, -0.25) is 14.4 Å². The van der Waals surface area contributed by atoms with Crippen LogP contribution in [0.25, 0.3) is 0 Å². The Labute approximate surface area is 116 Å². The van der Waals surface area contributed by atoms with Gasteiger partial charge in [-0.15, -0.1) is 0 Å². The predicted octanol–water partition coefficient (Wildman–Crippen LogP) is -0.615. The molecule has 1 heterocycles. The first-order valence-corrected chi connectivity index (χ1v) is 6.35. The van der Waals surface area contributed by atoms with Gasteiger partial charge in [-0.2, -0.15) is 0 Å². The van der Waals surface area contributed by atoms with E-state index < -0.39 is 29.8 Å². The van der Waals surface area contributed by atoms with Crippen LogP contribution in [0.3, 0.4) is 0 Å². The first-order valence-electron chi connectivity index (χ1n) is 6.35.